The van der Waals surface area contributed by atoms with Gasteiger partial charge in [-0.05, 0) is 32.0 Å². The minimum absolute atomic E-state index is 0.145. The maximum atomic E-state index is 12.3. The zero-order valence-electron chi connectivity index (χ0n) is 14.3. The van der Waals surface area contributed by atoms with Gasteiger partial charge < -0.3 is 5.32 Å². The monoisotopic (exact) mass is 405 g/mol. The van der Waals surface area contributed by atoms with Crippen molar-refractivity contribution in [3.8, 4) is 0 Å². The van der Waals surface area contributed by atoms with E-state index in [2.05, 4.69) is 15.3 Å². The molecule has 0 saturated carbocycles. The van der Waals surface area contributed by atoms with Crippen molar-refractivity contribution in [1.29, 1.82) is 0 Å². The van der Waals surface area contributed by atoms with E-state index in [4.69, 9.17) is 23.2 Å². The molecule has 0 unspecified atom stereocenters. The number of halogens is 2. The van der Waals surface area contributed by atoms with Gasteiger partial charge in [0.05, 0.1) is 21.5 Å². The van der Waals surface area contributed by atoms with Crippen LogP contribution in [-0.4, -0.2) is 28.1 Å². The Morgan fingerprint density at radius 1 is 1.08 bits per heavy atom. The van der Waals surface area contributed by atoms with E-state index in [1.54, 1.807) is 18.2 Å². The average molecular weight is 406 g/mol. The van der Waals surface area contributed by atoms with Crippen LogP contribution in [0.4, 0.5) is 5.69 Å². The summed E-state index contributed by atoms with van der Waals surface area (Å²) in [5.74, 6) is 0.0780. The maximum absolute atomic E-state index is 12.3. The third-order valence-electron chi connectivity index (χ3n) is 3.55. The van der Waals surface area contributed by atoms with Crippen LogP contribution < -0.4 is 5.32 Å². The highest BCUT2D eigenvalue weighted by Crippen LogP contribution is 2.27. The van der Waals surface area contributed by atoms with Crippen molar-refractivity contribution in [2.45, 2.75) is 19.5 Å². The van der Waals surface area contributed by atoms with Crippen LogP contribution in [0.15, 0.2) is 58.5 Å². The lowest BCUT2D eigenvalue weighted by Gasteiger charge is -2.08. The largest absolute Gasteiger partial charge is 0.325 e. The normalized spacial score (nSPS) is 15.4. The van der Waals surface area contributed by atoms with Crippen molar-refractivity contribution in [3.05, 3.63) is 64.1 Å². The molecule has 1 N–H and O–H groups in total. The minimum Gasteiger partial charge on any atom is -0.325 e. The lowest BCUT2D eigenvalue weighted by Crippen LogP contribution is -2.17. The van der Waals surface area contributed by atoms with Crippen LogP contribution in [0.1, 0.15) is 19.4 Å². The standard InChI is InChI=1S/C19H17Cl2N3OS/c1-19(2)23-17(12-6-4-3-5-7-12)18(24-19)26-11-16(25)22-13-8-9-14(20)15(21)10-13/h3-10H,11H2,1-2H3,(H,22,25). The summed E-state index contributed by atoms with van der Waals surface area (Å²) in [5, 5.41) is 4.43. The molecule has 4 nitrogen and oxygen atoms in total. The van der Waals surface area contributed by atoms with Gasteiger partial charge in [0.25, 0.3) is 0 Å². The van der Waals surface area contributed by atoms with Gasteiger partial charge in [-0.1, -0.05) is 65.3 Å². The smallest absolute Gasteiger partial charge is 0.234 e. The molecule has 1 aliphatic heterocycles. The van der Waals surface area contributed by atoms with E-state index in [9.17, 15) is 4.79 Å². The quantitative estimate of drug-likeness (QED) is 0.749. The first-order valence-corrected chi connectivity index (χ1v) is 9.71. The van der Waals surface area contributed by atoms with Crippen molar-refractivity contribution in [2.24, 2.45) is 9.98 Å². The Labute approximate surface area is 166 Å². The second-order valence-corrected chi connectivity index (χ2v) is 7.98. The van der Waals surface area contributed by atoms with Gasteiger partial charge >= 0.3 is 0 Å². The molecule has 7 heteroatoms. The van der Waals surface area contributed by atoms with E-state index >= 15 is 0 Å². The Morgan fingerprint density at radius 2 is 1.81 bits per heavy atom. The van der Waals surface area contributed by atoms with Crippen molar-refractivity contribution in [1.82, 2.24) is 0 Å². The molecule has 0 saturated heterocycles. The molecule has 1 aliphatic rings. The van der Waals surface area contributed by atoms with E-state index in [0.717, 1.165) is 16.3 Å². The first-order chi connectivity index (χ1) is 12.3. The predicted molar refractivity (Wildman–Crippen MR) is 112 cm³/mol. The molecule has 2 aromatic carbocycles. The van der Waals surface area contributed by atoms with E-state index in [1.165, 1.54) is 11.8 Å². The summed E-state index contributed by atoms with van der Waals surface area (Å²) in [6, 6.07) is 14.8. The number of rotatable bonds is 4. The third-order valence-corrected chi connectivity index (χ3v) is 5.26. The van der Waals surface area contributed by atoms with Crippen LogP contribution in [0.3, 0.4) is 0 Å². The number of nitrogens with zero attached hydrogens (tertiary/aromatic N) is 2. The number of thioether (sulfide) groups is 1. The summed E-state index contributed by atoms with van der Waals surface area (Å²) in [7, 11) is 0. The van der Waals surface area contributed by atoms with Crippen LogP contribution >= 0.6 is 35.0 Å². The van der Waals surface area contributed by atoms with Gasteiger partial charge in [-0.15, -0.1) is 0 Å². The summed E-state index contributed by atoms with van der Waals surface area (Å²) in [6.45, 7) is 3.89. The maximum Gasteiger partial charge on any atom is 0.234 e. The van der Waals surface area contributed by atoms with Gasteiger partial charge in [0.15, 0.2) is 0 Å². The highest BCUT2D eigenvalue weighted by atomic mass is 35.5. The zero-order chi connectivity index (χ0) is 18.7. The molecule has 0 aliphatic carbocycles. The third kappa shape index (κ3) is 4.67. The molecule has 3 rings (SSSR count). The lowest BCUT2D eigenvalue weighted by atomic mass is 10.1. The van der Waals surface area contributed by atoms with Gasteiger partial charge in [0, 0.05) is 11.3 Å². The zero-order valence-corrected chi connectivity index (χ0v) is 16.6. The molecule has 26 heavy (non-hydrogen) atoms. The molecule has 0 aromatic heterocycles. The fraction of sp³-hybridized carbons (Fsp3) is 0.211. The molecule has 134 valence electrons. The molecular weight excluding hydrogens is 389 g/mol. The summed E-state index contributed by atoms with van der Waals surface area (Å²) in [4.78, 5) is 21.6. The Hall–Kier alpha value is -1.82. The first-order valence-electron chi connectivity index (χ1n) is 7.97. The topological polar surface area (TPSA) is 53.8 Å². The molecule has 0 bridgehead atoms. The van der Waals surface area contributed by atoms with Crippen LogP contribution in [-0.2, 0) is 4.79 Å². The van der Waals surface area contributed by atoms with Gasteiger partial charge in [0.1, 0.15) is 10.7 Å². The van der Waals surface area contributed by atoms with E-state index < -0.39 is 5.66 Å². The molecule has 1 amide bonds. The van der Waals surface area contributed by atoms with Crippen LogP contribution in [0.25, 0.3) is 0 Å². The molecule has 0 atom stereocenters. The molecular formula is C19H17Cl2N3OS. The fourth-order valence-corrected chi connectivity index (χ4v) is 3.66. The van der Waals surface area contributed by atoms with Crippen molar-refractivity contribution in [3.63, 3.8) is 0 Å². The van der Waals surface area contributed by atoms with Crippen molar-refractivity contribution < 1.29 is 4.79 Å². The number of benzene rings is 2. The van der Waals surface area contributed by atoms with Gasteiger partial charge in [0.2, 0.25) is 5.91 Å². The molecule has 2 aromatic rings. The number of carbonyl (C=O) groups is 1. The van der Waals surface area contributed by atoms with E-state index in [-0.39, 0.29) is 11.7 Å². The Bertz CT molecular complexity index is 895. The minimum atomic E-state index is -0.520. The Morgan fingerprint density at radius 3 is 2.50 bits per heavy atom. The number of anilines is 1. The van der Waals surface area contributed by atoms with E-state index in [1.807, 2.05) is 44.2 Å². The summed E-state index contributed by atoms with van der Waals surface area (Å²) >= 11 is 13.2. The molecule has 1 heterocycles. The number of amides is 1. The summed E-state index contributed by atoms with van der Waals surface area (Å²) in [5.41, 5.74) is 1.90. The Kier molecular flexibility index (Phi) is 5.70. The second-order valence-electron chi connectivity index (χ2n) is 6.20. The van der Waals surface area contributed by atoms with Crippen LogP contribution in [0.5, 0.6) is 0 Å². The van der Waals surface area contributed by atoms with Crippen LogP contribution in [0, 0.1) is 0 Å². The lowest BCUT2D eigenvalue weighted by molar-refractivity contribution is -0.113. The summed E-state index contributed by atoms with van der Waals surface area (Å²) in [6.07, 6.45) is 0. The fourth-order valence-electron chi connectivity index (χ4n) is 2.44. The number of hydrogen-bond acceptors (Lipinski definition) is 4. The average Bonchev–Trinajstić information content (AvgIpc) is 2.92. The molecule has 0 spiro atoms. The number of hydrogen-bond donors (Lipinski definition) is 1. The summed E-state index contributed by atoms with van der Waals surface area (Å²) < 4.78 is 0. The number of aliphatic imine (C=N–C) groups is 2. The molecule has 0 radical (unpaired) electrons. The number of nitrogens with one attached hydrogen (secondary N) is 1. The number of carbonyl (C=O) groups excluding carboxylic acids is 1. The highest BCUT2D eigenvalue weighted by molar-refractivity contribution is 8.16. The van der Waals surface area contributed by atoms with Crippen LogP contribution in [0.2, 0.25) is 10.0 Å². The van der Waals surface area contributed by atoms with Gasteiger partial charge in [-0.25, -0.2) is 4.99 Å². The second kappa shape index (κ2) is 7.82. The SMILES string of the molecule is CC1(C)N=C(SCC(=O)Nc2ccc(Cl)c(Cl)c2)C(c2ccccc2)=N1. The van der Waals surface area contributed by atoms with Gasteiger partial charge in [-0.3, -0.25) is 9.79 Å². The predicted octanol–water partition coefficient (Wildman–Crippen LogP) is 5.30. The first kappa shape index (κ1) is 19.0. The van der Waals surface area contributed by atoms with Crippen molar-refractivity contribution >= 4 is 57.3 Å². The highest BCUT2D eigenvalue weighted by Gasteiger charge is 2.28. The van der Waals surface area contributed by atoms with Gasteiger partial charge in [-0.2, -0.15) is 0 Å². The Balaban J connectivity index is 1.67. The molecule has 0 fully saturated rings. The van der Waals surface area contributed by atoms with Crippen molar-refractivity contribution in [2.75, 3.05) is 11.1 Å². The van der Waals surface area contributed by atoms with E-state index in [0.29, 0.717) is 15.7 Å².